The summed E-state index contributed by atoms with van der Waals surface area (Å²) in [5.41, 5.74) is 6.07. The summed E-state index contributed by atoms with van der Waals surface area (Å²) in [7, 11) is 0. The molecule has 2 amide bonds. The molecule has 30 heavy (non-hydrogen) atoms. The molecule has 0 bridgehead atoms. The molecular weight excluding hydrogens is 378 g/mol. The third-order valence-electron chi connectivity index (χ3n) is 6.94. The minimum atomic E-state index is -0.141. The van der Waals surface area contributed by atoms with Crippen molar-refractivity contribution in [3.63, 3.8) is 0 Å². The standard InChI is InChI=1S/C23H45N5O2/c1-17(15-23(5)16-19(23)22(2,3)4)18-14-20(29)28(21(18)30)13-12-27-11-10-26-9-8-25-7-6-24/h17-19,25-27H,6-16,24H2,1-5H3. The Bertz CT molecular complexity index is 576. The summed E-state index contributed by atoms with van der Waals surface area (Å²) in [4.78, 5) is 26.8. The van der Waals surface area contributed by atoms with E-state index < -0.39 is 0 Å². The van der Waals surface area contributed by atoms with Crippen LogP contribution in [0.1, 0.15) is 53.9 Å². The molecule has 7 nitrogen and oxygen atoms in total. The molecule has 5 N–H and O–H groups in total. The minimum Gasteiger partial charge on any atom is -0.329 e. The minimum absolute atomic E-state index is 0.00363. The molecule has 1 aliphatic heterocycles. The molecular formula is C23H45N5O2. The maximum absolute atomic E-state index is 12.9. The van der Waals surface area contributed by atoms with Gasteiger partial charge in [-0.2, -0.15) is 0 Å². The molecule has 0 spiro atoms. The van der Waals surface area contributed by atoms with E-state index in [0.29, 0.717) is 42.8 Å². The number of hydrogen-bond acceptors (Lipinski definition) is 6. The molecule has 1 saturated heterocycles. The molecule has 1 saturated carbocycles. The first-order valence-corrected chi connectivity index (χ1v) is 11.8. The number of nitrogens with two attached hydrogens (primary N) is 1. The monoisotopic (exact) mass is 423 g/mol. The maximum Gasteiger partial charge on any atom is 0.233 e. The number of hydrogen-bond donors (Lipinski definition) is 4. The van der Waals surface area contributed by atoms with E-state index in [1.54, 1.807) is 0 Å². The van der Waals surface area contributed by atoms with Gasteiger partial charge in [0.2, 0.25) is 11.8 Å². The van der Waals surface area contributed by atoms with Crippen molar-refractivity contribution in [1.29, 1.82) is 0 Å². The van der Waals surface area contributed by atoms with Gasteiger partial charge in [-0.05, 0) is 35.5 Å². The summed E-state index contributed by atoms with van der Waals surface area (Å²) in [6, 6.07) is 0. The number of carbonyl (C=O) groups excluding carboxylic acids is 2. The average molecular weight is 424 g/mol. The average Bonchev–Trinajstić information content (AvgIpc) is 3.26. The van der Waals surface area contributed by atoms with Gasteiger partial charge < -0.3 is 21.7 Å². The Morgan fingerprint density at radius 1 is 1.07 bits per heavy atom. The van der Waals surface area contributed by atoms with Crippen LogP contribution in [0, 0.1) is 28.6 Å². The second-order valence-electron chi connectivity index (χ2n) is 10.7. The number of rotatable bonds is 14. The number of imide groups is 1. The van der Waals surface area contributed by atoms with E-state index in [1.165, 1.54) is 11.3 Å². The van der Waals surface area contributed by atoms with Crippen LogP contribution in [0.5, 0.6) is 0 Å². The van der Waals surface area contributed by atoms with Crippen molar-refractivity contribution in [3.05, 3.63) is 0 Å². The fraction of sp³-hybridized carbons (Fsp3) is 0.913. The predicted molar refractivity (Wildman–Crippen MR) is 122 cm³/mol. The predicted octanol–water partition coefficient (Wildman–Crippen LogP) is 1.19. The fourth-order valence-electron chi connectivity index (χ4n) is 5.27. The van der Waals surface area contributed by atoms with E-state index in [-0.39, 0.29) is 23.7 Å². The first-order chi connectivity index (χ1) is 14.1. The first kappa shape index (κ1) is 25.2. The van der Waals surface area contributed by atoms with Gasteiger partial charge in [0.05, 0.1) is 0 Å². The Morgan fingerprint density at radius 2 is 1.63 bits per heavy atom. The van der Waals surface area contributed by atoms with Crippen LogP contribution < -0.4 is 21.7 Å². The highest BCUT2D eigenvalue weighted by atomic mass is 16.2. The normalized spacial score (nSPS) is 27.7. The molecule has 4 atom stereocenters. The molecule has 4 unspecified atom stereocenters. The van der Waals surface area contributed by atoms with Crippen LogP contribution in [0.15, 0.2) is 0 Å². The van der Waals surface area contributed by atoms with E-state index >= 15 is 0 Å². The summed E-state index contributed by atoms with van der Waals surface area (Å²) in [5, 5.41) is 9.90. The summed E-state index contributed by atoms with van der Waals surface area (Å²) in [6.45, 7) is 17.5. The van der Waals surface area contributed by atoms with E-state index in [9.17, 15) is 9.59 Å². The number of likely N-dealkylation sites (tertiary alicyclic amines) is 1. The second-order valence-corrected chi connectivity index (χ2v) is 10.7. The van der Waals surface area contributed by atoms with Gasteiger partial charge >= 0.3 is 0 Å². The Labute approximate surface area is 183 Å². The van der Waals surface area contributed by atoms with Gasteiger partial charge in [-0.1, -0.05) is 34.6 Å². The smallest absolute Gasteiger partial charge is 0.233 e. The third-order valence-corrected chi connectivity index (χ3v) is 6.94. The molecule has 2 fully saturated rings. The zero-order valence-electron chi connectivity index (χ0n) is 19.9. The highest BCUT2D eigenvalue weighted by Gasteiger charge is 2.56. The van der Waals surface area contributed by atoms with Crippen molar-refractivity contribution in [2.45, 2.75) is 53.9 Å². The number of nitrogens with zero attached hydrogens (tertiary/aromatic N) is 1. The van der Waals surface area contributed by atoms with Crippen molar-refractivity contribution >= 4 is 11.8 Å². The molecule has 1 heterocycles. The van der Waals surface area contributed by atoms with Crippen molar-refractivity contribution in [2.24, 2.45) is 34.3 Å². The van der Waals surface area contributed by atoms with Crippen molar-refractivity contribution in [3.8, 4) is 0 Å². The van der Waals surface area contributed by atoms with Gasteiger partial charge in [-0.3, -0.25) is 14.5 Å². The second kappa shape index (κ2) is 11.0. The first-order valence-electron chi connectivity index (χ1n) is 11.8. The quantitative estimate of drug-likeness (QED) is 0.247. The van der Waals surface area contributed by atoms with Crippen LogP contribution in [0.4, 0.5) is 0 Å². The number of nitrogens with one attached hydrogen (secondary N) is 3. The van der Waals surface area contributed by atoms with Crippen LogP contribution in [-0.4, -0.2) is 69.1 Å². The van der Waals surface area contributed by atoms with Gasteiger partial charge in [0, 0.05) is 64.7 Å². The fourth-order valence-corrected chi connectivity index (χ4v) is 5.27. The maximum atomic E-state index is 12.9. The summed E-state index contributed by atoms with van der Waals surface area (Å²) in [5.74, 6) is 0.864. The highest BCUT2D eigenvalue weighted by Crippen LogP contribution is 2.64. The van der Waals surface area contributed by atoms with Gasteiger partial charge in [0.15, 0.2) is 0 Å². The molecule has 2 rings (SSSR count). The Balaban J connectivity index is 1.65. The largest absolute Gasteiger partial charge is 0.329 e. The lowest BCUT2D eigenvalue weighted by Gasteiger charge is -2.26. The van der Waals surface area contributed by atoms with Gasteiger partial charge in [-0.15, -0.1) is 0 Å². The third kappa shape index (κ3) is 7.01. The molecule has 0 aromatic carbocycles. The molecule has 0 aromatic heterocycles. The van der Waals surface area contributed by atoms with Crippen LogP contribution in [-0.2, 0) is 9.59 Å². The van der Waals surface area contributed by atoms with Crippen molar-refractivity contribution in [2.75, 3.05) is 52.4 Å². The summed E-state index contributed by atoms with van der Waals surface area (Å²) < 4.78 is 0. The van der Waals surface area contributed by atoms with Crippen LogP contribution in [0.25, 0.3) is 0 Å². The summed E-state index contributed by atoms with van der Waals surface area (Å²) >= 11 is 0. The van der Waals surface area contributed by atoms with E-state index in [1.807, 2.05) is 0 Å². The molecule has 0 radical (unpaired) electrons. The van der Waals surface area contributed by atoms with Crippen molar-refractivity contribution in [1.82, 2.24) is 20.9 Å². The topological polar surface area (TPSA) is 99.5 Å². The Morgan fingerprint density at radius 3 is 2.17 bits per heavy atom. The molecule has 2 aliphatic rings. The Kier molecular flexibility index (Phi) is 9.28. The van der Waals surface area contributed by atoms with E-state index in [4.69, 9.17) is 5.73 Å². The lowest BCUT2D eigenvalue weighted by molar-refractivity contribution is -0.139. The lowest BCUT2D eigenvalue weighted by atomic mass is 9.78. The van der Waals surface area contributed by atoms with Gasteiger partial charge in [-0.25, -0.2) is 0 Å². The SMILES string of the molecule is CC(CC1(C)CC1C(C)(C)C)C1CC(=O)N(CCNCCNCCNCCN)C1=O. The zero-order valence-corrected chi connectivity index (χ0v) is 19.9. The van der Waals surface area contributed by atoms with Gasteiger partial charge in [0.1, 0.15) is 0 Å². The van der Waals surface area contributed by atoms with E-state index in [0.717, 1.165) is 39.1 Å². The zero-order chi connectivity index (χ0) is 22.4. The lowest BCUT2D eigenvalue weighted by Crippen LogP contribution is -2.39. The summed E-state index contributed by atoms with van der Waals surface area (Å²) in [6.07, 6.45) is 2.66. The molecule has 0 aromatic rings. The van der Waals surface area contributed by atoms with Crippen molar-refractivity contribution < 1.29 is 9.59 Å². The Hall–Kier alpha value is -1.02. The molecule has 1 aliphatic carbocycles. The van der Waals surface area contributed by atoms with Crippen LogP contribution in [0.3, 0.4) is 0 Å². The molecule has 174 valence electrons. The van der Waals surface area contributed by atoms with Crippen LogP contribution >= 0.6 is 0 Å². The van der Waals surface area contributed by atoms with E-state index in [2.05, 4.69) is 50.6 Å². The molecule has 7 heteroatoms. The van der Waals surface area contributed by atoms with Gasteiger partial charge in [0.25, 0.3) is 0 Å². The van der Waals surface area contributed by atoms with Crippen LogP contribution in [0.2, 0.25) is 0 Å². The number of carbonyl (C=O) groups is 2. The number of amides is 2. The highest BCUT2D eigenvalue weighted by molar-refractivity contribution is 6.03.